The molecule has 1 fully saturated rings. The number of benzene rings is 1. The van der Waals surface area contributed by atoms with Crippen molar-refractivity contribution in [3.8, 4) is 11.1 Å². The summed E-state index contributed by atoms with van der Waals surface area (Å²) < 4.78 is 16.0. The van der Waals surface area contributed by atoms with Gasteiger partial charge in [0.05, 0.1) is 24.5 Å². The van der Waals surface area contributed by atoms with E-state index in [0.717, 1.165) is 11.1 Å². The summed E-state index contributed by atoms with van der Waals surface area (Å²) in [4.78, 5) is 66.8. The zero-order valence-electron chi connectivity index (χ0n) is 23.7. The third-order valence-corrected chi connectivity index (χ3v) is 7.21. The number of rotatable bonds is 8. The zero-order valence-corrected chi connectivity index (χ0v) is 23.7. The highest BCUT2D eigenvalue weighted by atomic mass is 19.1. The van der Waals surface area contributed by atoms with Crippen molar-refractivity contribution in [3.05, 3.63) is 71.7 Å². The van der Waals surface area contributed by atoms with Crippen LogP contribution in [0.3, 0.4) is 0 Å². The minimum absolute atomic E-state index is 0.124. The summed E-state index contributed by atoms with van der Waals surface area (Å²) in [5.41, 5.74) is 2.85. The Hall–Kier alpha value is -4.87. The van der Waals surface area contributed by atoms with E-state index in [0.29, 0.717) is 22.4 Å². The highest BCUT2D eigenvalue weighted by Crippen LogP contribution is 2.28. The lowest BCUT2D eigenvalue weighted by Crippen LogP contribution is -2.43. The van der Waals surface area contributed by atoms with Crippen LogP contribution in [0.5, 0.6) is 0 Å². The van der Waals surface area contributed by atoms with Crippen molar-refractivity contribution in [2.45, 2.75) is 45.4 Å². The van der Waals surface area contributed by atoms with Gasteiger partial charge in [0.1, 0.15) is 29.9 Å². The molecule has 1 aliphatic heterocycles. The predicted molar refractivity (Wildman–Crippen MR) is 151 cm³/mol. The highest BCUT2D eigenvalue weighted by molar-refractivity contribution is 6.06. The van der Waals surface area contributed by atoms with E-state index in [4.69, 9.17) is 0 Å². The van der Waals surface area contributed by atoms with E-state index >= 15 is 0 Å². The molecule has 1 saturated heterocycles. The number of halogens is 1. The Morgan fingerprint density at radius 3 is 2.48 bits per heavy atom. The lowest BCUT2D eigenvalue weighted by atomic mass is 10.0. The standard InChI is InChI=1S/C30H30FN7O4/c1-17(39)29-23-10-19(20-13-32-18(2)33-14-20)8-9-25(23)38(35-29)16-28(41)37-15-21(31)11-26(37)27(40)12-22-6-5-7-24(34-22)30(42)36(3)4/h5-10,13-14,21,26H,11-12,15-16H2,1-4H3/t21-,26+/m1/s1. The molecule has 216 valence electrons. The number of nitrogens with zero attached hydrogens (tertiary/aromatic N) is 7. The van der Waals surface area contributed by atoms with Gasteiger partial charge in [-0.15, -0.1) is 0 Å². The van der Waals surface area contributed by atoms with Crippen molar-refractivity contribution in [1.29, 1.82) is 0 Å². The van der Waals surface area contributed by atoms with Gasteiger partial charge in [0.15, 0.2) is 11.6 Å². The molecule has 2 amide bonds. The number of aryl methyl sites for hydroxylation is 1. The normalized spacial score (nSPS) is 16.5. The summed E-state index contributed by atoms with van der Waals surface area (Å²) >= 11 is 0. The number of carbonyl (C=O) groups is 4. The van der Waals surface area contributed by atoms with Gasteiger partial charge in [-0.3, -0.25) is 23.9 Å². The van der Waals surface area contributed by atoms with Gasteiger partial charge in [-0.25, -0.2) is 19.3 Å². The molecule has 0 saturated carbocycles. The molecular formula is C30H30FN7O4. The van der Waals surface area contributed by atoms with Crippen molar-refractivity contribution in [2.24, 2.45) is 0 Å². The van der Waals surface area contributed by atoms with Crippen molar-refractivity contribution in [3.63, 3.8) is 0 Å². The Morgan fingerprint density at radius 2 is 1.79 bits per heavy atom. The summed E-state index contributed by atoms with van der Waals surface area (Å²) in [7, 11) is 3.21. The van der Waals surface area contributed by atoms with Crippen LogP contribution in [0, 0.1) is 6.92 Å². The van der Waals surface area contributed by atoms with Crippen LogP contribution < -0.4 is 0 Å². The molecule has 1 aliphatic rings. The number of alkyl halides is 1. The van der Waals surface area contributed by atoms with Crippen LogP contribution >= 0.6 is 0 Å². The summed E-state index contributed by atoms with van der Waals surface area (Å²) in [6.45, 7) is 2.68. The van der Waals surface area contributed by atoms with Crippen LogP contribution in [-0.4, -0.2) is 90.8 Å². The van der Waals surface area contributed by atoms with E-state index in [9.17, 15) is 23.6 Å². The van der Waals surface area contributed by atoms with E-state index in [1.165, 1.54) is 21.4 Å². The Morgan fingerprint density at radius 1 is 1.05 bits per heavy atom. The minimum Gasteiger partial charge on any atom is -0.343 e. The maximum absolute atomic E-state index is 14.6. The molecule has 0 aliphatic carbocycles. The number of hydrogen-bond donors (Lipinski definition) is 0. The Kier molecular flexibility index (Phi) is 7.88. The number of likely N-dealkylation sites (tertiary alicyclic amines) is 1. The number of amides is 2. The maximum atomic E-state index is 14.6. The fourth-order valence-electron chi connectivity index (χ4n) is 5.09. The molecule has 0 spiro atoms. The third-order valence-electron chi connectivity index (χ3n) is 7.21. The number of aromatic nitrogens is 5. The number of ketones is 2. The topological polar surface area (TPSA) is 131 Å². The van der Waals surface area contributed by atoms with Gasteiger partial charge in [-0.2, -0.15) is 5.10 Å². The fourth-order valence-corrected chi connectivity index (χ4v) is 5.09. The quantitative estimate of drug-likeness (QED) is 0.295. The Balaban J connectivity index is 1.38. The molecule has 11 nitrogen and oxygen atoms in total. The second-order valence-corrected chi connectivity index (χ2v) is 10.6. The van der Waals surface area contributed by atoms with E-state index in [1.54, 1.807) is 63.7 Å². The Labute approximate surface area is 241 Å². The molecule has 12 heteroatoms. The predicted octanol–water partition coefficient (Wildman–Crippen LogP) is 2.85. The summed E-state index contributed by atoms with van der Waals surface area (Å²) in [5, 5.41) is 4.97. The average Bonchev–Trinajstić information content (AvgIpc) is 3.53. The third kappa shape index (κ3) is 5.78. The molecule has 3 aromatic heterocycles. The van der Waals surface area contributed by atoms with Gasteiger partial charge in [0.25, 0.3) is 5.91 Å². The molecule has 5 rings (SSSR count). The van der Waals surface area contributed by atoms with Crippen molar-refractivity contribution < 1.29 is 23.6 Å². The van der Waals surface area contributed by atoms with Gasteiger partial charge < -0.3 is 9.80 Å². The SMILES string of the molecule is CC(=O)c1nn(CC(=O)N2C[C@H](F)C[C@H]2C(=O)Cc2cccc(C(=O)N(C)C)n2)c2ccc(-c3cnc(C)nc3)cc12. The summed E-state index contributed by atoms with van der Waals surface area (Å²) in [5.74, 6) is -0.807. The van der Waals surface area contributed by atoms with Crippen LogP contribution in [0.2, 0.25) is 0 Å². The minimum atomic E-state index is -1.36. The second kappa shape index (κ2) is 11.6. The van der Waals surface area contributed by atoms with Crippen LogP contribution in [-0.2, 0) is 22.6 Å². The summed E-state index contributed by atoms with van der Waals surface area (Å²) in [6.07, 6.45) is 1.74. The fraction of sp³-hybridized carbons (Fsp3) is 0.333. The van der Waals surface area contributed by atoms with Crippen LogP contribution in [0.4, 0.5) is 4.39 Å². The van der Waals surface area contributed by atoms with Gasteiger partial charge in [-0.05, 0) is 36.8 Å². The highest BCUT2D eigenvalue weighted by Gasteiger charge is 2.39. The van der Waals surface area contributed by atoms with Crippen molar-refractivity contribution in [2.75, 3.05) is 20.6 Å². The lowest BCUT2D eigenvalue weighted by molar-refractivity contribution is -0.138. The lowest BCUT2D eigenvalue weighted by Gasteiger charge is -2.23. The average molecular weight is 572 g/mol. The molecule has 1 aromatic carbocycles. The number of fused-ring (bicyclic) bond motifs is 1. The van der Waals surface area contributed by atoms with Gasteiger partial charge in [0.2, 0.25) is 5.91 Å². The van der Waals surface area contributed by atoms with Crippen LogP contribution in [0.25, 0.3) is 22.0 Å². The van der Waals surface area contributed by atoms with E-state index in [-0.39, 0.29) is 54.8 Å². The van der Waals surface area contributed by atoms with Gasteiger partial charge in [0, 0.05) is 56.5 Å². The molecule has 0 unspecified atom stereocenters. The molecule has 42 heavy (non-hydrogen) atoms. The maximum Gasteiger partial charge on any atom is 0.271 e. The second-order valence-electron chi connectivity index (χ2n) is 10.6. The van der Waals surface area contributed by atoms with E-state index < -0.39 is 18.1 Å². The first-order chi connectivity index (χ1) is 20.0. The van der Waals surface area contributed by atoms with Crippen LogP contribution in [0.1, 0.15) is 45.8 Å². The first kappa shape index (κ1) is 28.7. The number of hydrogen-bond acceptors (Lipinski definition) is 8. The van der Waals surface area contributed by atoms with Gasteiger partial charge in [-0.1, -0.05) is 12.1 Å². The molecule has 0 bridgehead atoms. The Bertz CT molecular complexity index is 1700. The zero-order chi connectivity index (χ0) is 30.1. The largest absolute Gasteiger partial charge is 0.343 e. The van der Waals surface area contributed by atoms with Crippen LogP contribution in [0.15, 0.2) is 48.8 Å². The summed E-state index contributed by atoms with van der Waals surface area (Å²) in [6, 6.07) is 9.21. The molecule has 0 radical (unpaired) electrons. The molecule has 0 N–H and O–H groups in total. The molecule has 2 atom stereocenters. The number of Topliss-reactive ketones (excluding diaryl/α,β-unsaturated/α-hetero) is 2. The monoisotopic (exact) mass is 571 g/mol. The molecular weight excluding hydrogens is 541 g/mol. The van der Waals surface area contributed by atoms with E-state index in [1.807, 2.05) is 6.07 Å². The molecule has 4 aromatic rings. The van der Waals surface area contributed by atoms with Gasteiger partial charge >= 0.3 is 0 Å². The molecule has 4 heterocycles. The number of carbonyl (C=O) groups excluding carboxylic acids is 4. The van der Waals surface area contributed by atoms with Crippen molar-refractivity contribution in [1.82, 2.24) is 34.5 Å². The first-order valence-corrected chi connectivity index (χ1v) is 13.5. The smallest absolute Gasteiger partial charge is 0.271 e. The first-order valence-electron chi connectivity index (χ1n) is 13.5. The van der Waals surface area contributed by atoms with E-state index in [2.05, 4.69) is 20.1 Å². The number of pyridine rings is 1. The van der Waals surface area contributed by atoms with Crippen molar-refractivity contribution >= 4 is 34.3 Å².